The Labute approximate surface area is 418 Å². The molecule has 0 aromatic heterocycles. The Morgan fingerprint density at radius 1 is 0.208 bits per heavy atom. The predicted octanol–water partition coefficient (Wildman–Crippen LogP) is 19.7. The molecule has 6 aliphatic carbocycles. The number of benzene rings is 21. The van der Waals surface area contributed by atoms with Crippen molar-refractivity contribution in [3.05, 3.63) is 81.9 Å². The molecule has 0 atom stereocenters. The normalized spacial score (nSPS) is 23.8. The molecular formula is C76H8O. The van der Waals surface area contributed by atoms with Crippen LogP contribution in [-0.4, -0.2) is 5.78 Å². The number of hydrogen-bond acceptors (Lipinski definition) is 1. The summed E-state index contributed by atoms with van der Waals surface area (Å²) in [6.07, 6.45) is 0. The monoisotopic (exact) mass is 936 g/mol. The molecule has 0 amide bonds. The van der Waals surface area contributed by atoms with E-state index in [2.05, 4.69) is 48.5 Å². The second kappa shape index (κ2) is 6.33. The Morgan fingerprint density at radius 2 is 0.442 bits per heavy atom. The quantitative estimate of drug-likeness (QED) is 0.109. The number of carbonyl (C=O) groups is 1. The van der Waals surface area contributed by atoms with E-state index in [-0.39, 0.29) is 0 Å². The van der Waals surface area contributed by atoms with Crippen LogP contribution in [0.3, 0.4) is 0 Å². The van der Waals surface area contributed by atoms with Crippen LogP contribution in [0.1, 0.15) is 38.2 Å². The highest BCUT2D eigenvalue weighted by molar-refractivity contribution is 6.82. The van der Waals surface area contributed by atoms with Crippen molar-refractivity contribution in [1.82, 2.24) is 0 Å². The van der Waals surface area contributed by atoms with E-state index in [1.165, 1.54) is 21.7 Å². The van der Waals surface area contributed by atoms with Gasteiger partial charge in [-0.05, 0) is 346 Å². The molecule has 318 valence electrons. The van der Waals surface area contributed by atoms with Crippen LogP contribution >= 0.6 is 0 Å². The van der Waals surface area contributed by atoms with Gasteiger partial charge < -0.3 is 0 Å². The molecule has 37 rings (SSSR count). The molecule has 1 fully saturated rings. The highest BCUT2D eigenvalue weighted by atomic mass is 16.1. The zero-order valence-corrected chi connectivity index (χ0v) is 39.0. The van der Waals surface area contributed by atoms with Gasteiger partial charge in [-0.15, -0.1) is 0 Å². The lowest BCUT2D eigenvalue weighted by molar-refractivity contribution is 0.0942. The molecule has 31 aromatic carbocycles. The first-order valence-corrected chi connectivity index (χ1v) is 28.6. The molecule has 0 aliphatic heterocycles. The lowest BCUT2D eigenvalue weighted by Crippen LogP contribution is -2.27. The van der Waals surface area contributed by atoms with E-state index in [0.29, 0.717) is 5.78 Å². The van der Waals surface area contributed by atoms with Gasteiger partial charge in [-0.1, -0.05) is 42.5 Å². The summed E-state index contributed by atoms with van der Waals surface area (Å²) >= 11 is 0. The van der Waals surface area contributed by atoms with E-state index in [1.54, 1.807) is 313 Å². The Hall–Kier alpha value is -9.69. The van der Waals surface area contributed by atoms with E-state index in [0.717, 1.165) is 10.9 Å². The summed E-state index contributed by atoms with van der Waals surface area (Å²) in [4.78, 5) is 18.2. The van der Waals surface area contributed by atoms with Gasteiger partial charge in [-0.2, -0.15) is 0 Å². The van der Waals surface area contributed by atoms with Crippen LogP contribution in [0.25, 0.3) is 312 Å². The van der Waals surface area contributed by atoms with Crippen molar-refractivity contribution < 1.29 is 4.79 Å². The third-order valence-electron chi connectivity index (χ3n) is 28.2. The highest BCUT2D eigenvalue weighted by Gasteiger charge is 2.98. The molecule has 0 saturated heterocycles. The molecule has 1 heteroatoms. The molecule has 0 heterocycles. The van der Waals surface area contributed by atoms with Crippen LogP contribution in [-0.2, 0) is 16.2 Å². The van der Waals surface area contributed by atoms with E-state index >= 15 is 4.79 Å². The Morgan fingerprint density at radius 3 is 0.714 bits per heavy atom. The summed E-state index contributed by atoms with van der Waals surface area (Å²) in [6, 6.07) is 18.6. The van der Waals surface area contributed by atoms with Crippen molar-refractivity contribution in [3.63, 3.8) is 0 Å². The van der Waals surface area contributed by atoms with Crippen molar-refractivity contribution in [2.24, 2.45) is 0 Å². The van der Waals surface area contributed by atoms with Crippen molar-refractivity contribution in [2.75, 3.05) is 0 Å². The molecule has 77 heavy (non-hydrogen) atoms. The van der Waals surface area contributed by atoms with E-state index in [4.69, 9.17) is 0 Å². The lowest BCUT2D eigenvalue weighted by atomic mass is 9.68. The molecule has 0 bridgehead atoms. The van der Waals surface area contributed by atoms with Gasteiger partial charge in [0.05, 0.1) is 16.2 Å². The first kappa shape index (κ1) is 28.3. The van der Waals surface area contributed by atoms with Crippen molar-refractivity contribution in [3.8, 4) is 0 Å². The van der Waals surface area contributed by atoms with Gasteiger partial charge in [0.25, 0.3) is 0 Å². The average molecular weight is 937 g/mol. The molecule has 3 spiro atoms. The van der Waals surface area contributed by atoms with Gasteiger partial charge in [0.1, 0.15) is 0 Å². The second-order valence-corrected chi connectivity index (χ2v) is 28.2. The molecular weight excluding hydrogens is 929 g/mol. The van der Waals surface area contributed by atoms with Crippen molar-refractivity contribution in [2.45, 2.75) is 16.2 Å². The summed E-state index contributed by atoms with van der Waals surface area (Å²) in [5.74, 6) is 0.412. The Kier molecular flexibility index (Phi) is 2.33. The Balaban J connectivity index is 1.08. The maximum absolute atomic E-state index is 18.2. The van der Waals surface area contributed by atoms with Crippen LogP contribution in [0, 0.1) is 0 Å². The maximum Gasteiger partial charge on any atom is 0.177 e. The maximum atomic E-state index is 18.2. The van der Waals surface area contributed by atoms with Gasteiger partial charge in [-0.25, -0.2) is 0 Å². The van der Waals surface area contributed by atoms with E-state index in [9.17, 15) is 0 Å². The first-order valence-electron chi connectivity index (χ1n) is 28.6. The SMILES string of the molecule is O=C1c2c3ccccc3cc3cccc(c23)C12C13c4c5c6c7c8c9c(c%10c%11c1c1c4c4c%12c5c5c6c6c8c8c%13c9c9c%10c%10c%11c%11c1c1c4c4c%12c%12c5c5c6c8c6c8c%13c9c9c%10c%10c%11c1c1c4c4c%12c5c6c5c8c9c%10c1c45)C723. The molecule has 1 saturated carbocycles. The third kappa shape index (κ3) is 1.47. The summed E-state index contributed by atoms with van der Waals surface area (Å²) < 4.78 is 0. The van der Waals surface area contributed by atoms with Crippen molar-refractivity contribution >= 4 is 318 Å². The fourth-order valence-corrected chi connectivity index (χ4v) is 28.3. The minimum Gasteiger partial charge on any atom is -0.293 e. The topological polar surface area (TPSA) is 17.1 Å². The minimum atomic E-state index is -0.865. The fourth-order valence-electron chi connectivity index (χ4n) is 28.3. The van der Waals surface area contributed by atoms with Gasteiger partial charge in [0.2, 0.25) is 0 Å². The smallest absolute Gasteiger partial charge is 0.177 e. The molecule has 31 aromatic rings. The fraction of sp³-hybridized carbons (Fsp3) is 0.0395. The number of fused-ring (bicyclic) bond motifs is 3. The van der Waals surface area contributed by atoms with Gasteiger partial charge in [0, 0.05) is 5.56 Å². The molecule has 0 unspecified atom stereocenters. The predicted molar refractivity (Wildman–Crippen MR) is 321 cm³/mol. The lowest BCUT2D eigenvalue weighted by Gasteiger charge is -2.32. The summed E-state index contributed by atoms with van der Waals surface area (Å²) in [6.45, 7) is 0. The van der Waals surface area contributed by atoms with Crippen LogP contribution < -0.4 is 0 Å². The van der Waals surface area contributed by atoms with E-state index < -0.39 is 16.2 Å². The largest absolute Gasteiger partial charge is 0.293 e. The number of ketones is 1. The molecule has 0 radical (unpaired) electrons. The second-order valence-electron chi connectivity index (χ2n) is 28.2. The zero-order chi connectivity index (χ0) is 45.7. The first-order chi connectivity index (χ1) is 38.3. The van der Waals surface area contributed by atoms with Crippen LogP contribution in [0.15, 0.2) is 48.5 Å². The Bertz CT molecular complexity index is 7740. The summed E-state index contributed by atoms with van der Waals surface area (Å²) in [7, 11) is 0. The van der Waals surface area contributed by atoms with Gasteiger partial charge >= 0.3 is 0 Å². The van der Waals surface area contributed by atoms with Crippen LogP contribution in [0.4, 0.5) is 0 Å². The number of hydrogen-bond donors (Lipinski definition) is 0. The van der Waals surface area contributed by atoms with Gasteiger partial charge in [-0.3, -0.25) is 4.79 Å². The molecule has 6 aliphatic rings. The van der Waals surface area contributed by atoms with E-state index in [1.807, 2.05) is 0 Å². The zero-order valence-electron chi connectivity index (χ0n) is 39.0. The molecule has 0 N–H and O–H groups in total. The minimum absolute atomic E-state index is 0.412. The van der Waals surface area contributed by atoms with Crippen molar-refractivity contribution in [1.29, 1.82) is 0 Å². The van der Waals surface area contributed by atoms with Crippen LogP contribution in [0.2, 0.25) is 0 Å². The van der Waals surface area contributed by atoms with Gasteiger partial charge in [0.15, 0.2) is 5.78 Å². The highest BCUT2D eigenvalue weighted by Crippen LogP contribution is 2.97. The molecule has 1 nitrogen and oxygen atoms in total. The number of carbonyl (C=O) groups excluding carboxylic acids is 1. The summed E-state index contributed by atoms with van der Waals surface area (Å²) in [5, 5.41) is 91.3. The number of rotatable bonds is 0. The summed E-state index contributed by atoms with van der Waals surface area (Å²) in [5.41, 5.74) is 6.61. The number of Topliss-reactive ketones (excluding diaryl/α,β-unsaturated/α-hetero) is 1. The third-order valence-corrected chi connectivity index (χ3v) is 28.2. The average Bonchev–Trinajstić information content (AvgIpc) is 1.44. The standard InChI is InChI=1S/C76H8O/c77-73-14-11-6-2-1-4-9(11)8-10-5-3-7-12(13(10)14)74(73)75-69-61-53-43-33-25-17-15-16-19-23-21(17)29-37-31(23)41-35-27(19)28-20(16)24-22-18(15)26(25)34-40-30(22)38-32(24)42-36(28)46-45(35)55-49(41)59-51(37)57(47(53)39(29)33)65(69)67(59)71-63(55)64-56(46)50(42)60-52(38)58-48(40)54(44(34)43)62(61)70(75)66(58)68(60)72(64)76(71,74)75/h1-8H. The van der Waals surface area contributed by atoms with Crippen LogP contribution in [0.5, 0.6) is 0 Å².